The third-order valence-corrected chi connectivity index (χ3v) is 13.2. The fourth-order valence-corrected chi connectivity index (χ4v) is 12.6. The van der Waals surface area contributed by atoms with Gasteiger partial charge in [-0.2, -0.15) is 0 Å². The maximum Gasteiger partial charge on any atom is 0.0547 e. The summed E-state index contributed by atoms with van der Waals surface area (Å²) < 4.78 is 0. The van der Waals surface area contributed by atoms with E-state index in [4.69, 9.17) is 0 Å². The first-order valence-electron chi connectivity index (χ1n) is 12.1. The molecule has 0 aliphatic rings. The summed E-state index contributed by atoms with van der Waals surface area (Å²) in [6.07, 6.45) is 3.93. The van der Waals surface area contributed by atoms with Gasteiger partial charge in [0.2, 0.25) is 0 Å². The van der Waals surface area contributed by atoms with Gasteiger partial charge in [0.1, 0.15) is 0 Å². The molecule has 0 amide bonds. The zero-order valence-corrected chi connectivity index (χ0v) is 21.7. The van der Waals surface area contributed by atoms with Crippen molar-refractivity contribution in [1.29, 1.82) is 0 Å². The first kappa shape index (κ1) is 23.2. The second-order valence-electron chi connectivity index (χ2n) is 8.72. The molecule has 3 radical (unpaired) electrons. The van der Waals surface area contributed by atoms with Crippen LogP contribution in [0.2, 0.25) is 0 Å². The molecule has 3 heteroatoms. The molecular weight excluding hydrogens is 455 g/mol. The third kappa shape index (κ3) is 5.94. The molecule has 0 N–H and O–H groups in total. The zero-order valence-electron chi connectivity index (χ0n) is 19.7. The third-order valence-electron chi connectivity index (χ3n) is 6.33. The van der Waals surface area contributed by atoms with Gasteiger partial charge in [-0.1, -0.05) is 127 Å². The largest absolute Gasteiger partial charge is 0.264 e. The first-order chi connectivity index (χ1) is 17.4. The van der Waals surface area contributed by atoms with E-state index in [2.05, 4.69) is 145 Å². The Labute approximate surface area is 212 Å². The monoisotopic (exact) mass is 482 g/mol. The summed E-state index contributed by atoms with van der Waals surface area (Å²) in [7, 11) is -0.145. The maximum absolute atomic E-state index is 4.46. The smallest absolute Gasteiger partial charge is 0.0547 e. The lowest BCUT2D eigenvalue weighted by Gasteiger charge is -2.30. The van der Waals surface area contributed by atoms with Gasteiger partial charge in [0.05, 0.1) is 8.31 Å². The van der Waals surface area contributed by atoms with Crippen molar-refractivity contribution in [1.82, 2.24) is 4.98 Å². The molecule has 0 saturated heterocycles. The van der Waals surface area contributed by atoms with Crippen molar-refractivity contribution < 1.29 is 0 Å². The molecule has 0 bridgehead atoms. The first-order valence-corrected chi connectivity index (χ1v) is 16.0. The highest BCUT2D eigenvalue weighted by molar-refractivity contribution is 7.13. The minimum Gasteiger partial charge on any atom is -0.264 e. The van der Waals surface area contributed by atoms with Crippen LogP contribution >= 0.6 is 0 Å². The number of hydrogen-bond donors (Lipinski definition) is 0. The number of pyridine rings is 1. The van der Waals surface area contributed by atoms with Gasteiger partial charge in [0.15, 0.2) is 0 Å². The minimum absolute atomic E-state index is 0.387. The van der Waals surface area contributed by atoms with Gasteiger partial charge < -0.3 is 0 Å². The van der Waals surface area contributed by atoms with Crippen molar-refractivity contribution in [2.75, 3.05) is 0 Å². The van der Waals surface area contributed by atoms with Crippen LogP contribution in [0.25, 0.3) is 0 Å². The summed E-state index contributed by atoms with van der Waals surface area (Å²) in [5.41, 5.74) is 7.78. The molecule has 169 valence electrons. The minimum atomic E-state index is -0.945. The van der Waals surface area contributed by atoms with E-state index in [9.17, 15) is 0 Å². The van der Waals surface area contributed by atoms with Crippen LogP contribution < -0.4 is 0 Å². The summed E-state index contributed by atoms with van der Waals surface area (Å²) >= 11 is 0. The lowest BCUT2D eigenvalue weighted by molar-refractivity contribution is 1.07. The van der Waals surface area contributed by atoms with Gasteiger partial charge in [-0.05, 0) is 51.0 Å². The van der Waals surface area contributed by atoms with Gasteiger partial charge in [-0.25, -0.2) is 0 Å². The molecule has 0 aliphatic heterocycles. The lowest BCUT2D eigenvalue weighted by Crippen LogP contribution is -2.38. The zero-order chi connectivity index (χ0) is 23.7. The Bertz CT molecular complexity index is 1200. The molecule has 5 rings (SSSR count). The van der Waals surface area contributed by atoms with Crippen LogP contribution in [0.5, 0.6) is 0 Å². The molecule has 0 fully saturated rings. The number of benzene rings is 4. The van der Waals surface area contributed by atoms with E-state index >= 15 is 0 Å². The Morgan fingerprint density at radius 1 is 0.543 bits per heavy atom. The van der Waals surface area contributed by atoms with Crippen molar-refractivity contribution in [3.63, 3.8) is 0 Å². The average Bonchev–Trinajstić information content (AvgIpc) is 2.94. The summed E-state index contributed by atoms with van der Waals surface area (Å²) in [4.78, 5) is 4.46. The number of rotatable bonds is 9. The van der Waals surface area contributed by atoms with Crippen molar-refractivity contribution in [2.45, 2.75) is 17.1 Å². The molecule has 0 aliphatic carbocycles. The van der Waals surface area contributed by atoms with Gasteiger partial charge in [0.25, 0.3) is 0 Å². The Morgan fingerprint density at radius 3 is 1.43 bits per heavy atom. The molecule has 1 nitrogen and oxygen atoms in total. The van der Waals surface area contributed by atoms with Crippen LogP contribution in [0.15, 0.2) is 146 Å². The van der Waals surface area contributed by atoms with Gasteiger partial charge in [-0.15, -0.1) is 0 Å². The van der Waals surface area contributed by atoms with E-state index in [1.807, 2.05) is 6.20 Å². The predicted octanol–water partition coefficient (Wildman–Crippen LogP) is 7.02. The summed E-state index contributed by atoms with van der Waals surface area (Å²) in [5, 5.41) is 0. The van der Waals surface area contributed by atoms with Gasteiger partial charge in [-0.3, -0.25) is 4.98 Å². The fourth-order valence-electron chi connectivity index (χ4n) is 4.68. The standard InChI is InChI=1S/C32H28NSi2/c1-5-15-27(16-6-1)31(28-17-7-2-8-18-28)34-35(25-26-14-13-23-33-24-26)32(29-19-9-3-10-20-29)30-21-11-4-12-22-30/h1-24,31-32H,25H2. The van der Waals surface area contributed by atoms with Gasteiger partial charge in [0, 0.05) is 21.4 Å². The molecule has 0 unspecified atom stereocenters. The summed E-state index contributed by atoms with van der Waals surface area (Å²) in [6.45, 7) is 0. The number of hydrogen-bond acceptors (Lipinski definition) is 1. The topological polar surface area (TPSA) is 12.9 Å². The lowest BCUT2D eigenvalue weighted by atomic mass is 10.0. The Morgan fingerprint density at radius 2 is 1.00 bits per heavy atom. The second-order valence-corrected chi connectivity index (χ2v) is 14.4. The van der Waals surface area contributed by atoms with E-state index in [0.29, 0.717) is 11.1 Å². The van der Waals surface area contributed by atoms with E-state index in [-0.39, 0.29) is 0 Å². The second kappa shape index (κ2) is 11.7. The molecule has 0 saturated carbocycles. The van der Waals surface area contributed by atoms with Crippen LogP contribution in [-0.2, 0) is 6.04 Å². The summed E-state index contributed by atoms with van der Waals surface area (Å²) in [6, 6.07) is 49.8. The molecule has 1 aromatic heterocycles. The van der Waals surface area contributed by atoms with Crippen LogP contribution in [-0.4, -0.2) is 22.3 Å². The van der Waals surface area contributed by atoms with Crippen LogP contribution in [0.4, 0.5) is 0 Å². The van der Waals surface area contributed by atoms with Crippen molar-refractivity contribution >= 4 is 17.4 Å². The van der Waals surface area contributed by atoms with E-state index in [1.165, 1.54) is 27.8 Å². The molecule has 1 heterocycles. The van der Waals surface area contributed by atoms with E-state index in [1.54, 1.807) is 0 Å². The molecular formula is C32H28NSi2. The van der Waals surface area contributed by atoms with Crippen molar-refractivity contribution in [2.24, 2.45) is 0 Å². The van der Waals surface area contributed by atoms with Crippen LogP contribution in [0, 0.1) is 0 Å². The molecule has 0 spiro atoms. The summed E-state index contributed by atoms with van der Waals surface area (Å²) in [5.74, 6) is 0. The molecule has 4 aromatic carbocycles. The van der Waals surface area contributed by atoms with Gasteiger partial charge >= 0.3 is 0 Å². The SMILES string of the molecule is c1ccc(C([Si][Si](Cc2cccnc2)C(c2ccccc2)c2ccccc2)c2ccccc2)cc1. The Balaban J connectivity index is 1.61. The Kier molecular flexibility index (Phi) is 7.79. The maximum atomic E-state index is 4.46. The normalized spacial score (nSPS) is 11.3. The fraction of sp³-hybridized carbons (Fsp3) is 0.0938. The van der Waals surface area contributed by atoms with Crippen LogP contribution in [0.3, 0.4) is 0 Å². The molecule has 35 heavy (non-hydrogen) atoms. The number of aromatic nitrogens is 1. The van der Waals surface area contributed by atoms with Crippen molar-refractivity contribution in [3.05, 3.63) is 174 Å². The van der Waals surface area contributed by atoms with Crippen molar-refractivity contribution in [3.8, 4) is 0 Å². The Hall–Kier alpha value is -3.54. The predicted molar refractivity (Wildman–Crippen MR) is 149 cm³/mol. The molecule has 0 atom stereocenters. The van der Waals surface area contributed by atoms with E-state index < -0.39 is 8.31 Å². The van der Waals surface area contributed by atoms with Crippen LogP contribution in [0.1, 0.15) is 38.9 Å². The number of nitrogens with zero attached hydrogens (tertiary/aromatic N) is 1. The molecule has 5 aromatic rings. The highest BCUT2D eigenvalue weighted by atomic mass is 29.2. The van der Waals surface area contributed by atoms with E-state index in [0.717, 1.165) is 15.1 Å². The highest BCUT2D eigenvalue weighted by Gasteiger charge is 2.31. The highest BCUT2D eigenvalue weighted by Crippen LogP contribution is 2.32. The average molecular weight is 483 g/mol. The quantitative estimate of drug-likeness (QED) is 0.206.